The van der Waals surface area contributed by atoms with Gasteiger partial charge in [0.15, 0.2) is 0 Å². The van der Waals surface area contributed by atoms with Crippen molar-refractivity contribution in [2.75, 3.05) is 7.11 Å². The molecule has 0 fully saturated rings. The number of aromatic amines is 1. The third-order valence-electron chi connectivity index (χ3n) is 2.84. The van der Waals surface area contributed by atoms with Crippen molar-refractivity contribution in [1.82, 2.24) is 10.2 Å². The molecule has 4 nitrogen and oxygen atoms in total. The Hall–Kier alpha value is -2.10. The number of aromatic nitrogens is 2. The molecule has 0 saturated heterocycles. The summed E-state index contributed by atoms with van der Waals surface area (Å²) in [7, 11) is 1.64. The highest BCUT2D eigenvalue weighted by Gasteiger charge is 2.11. The fraction of sp³-hybridized carbons (Fsp3) is 0.231. The Bertz CT molecular complexity index is 582. The summed E-state index contributed by atoms with van der Waals surface area (Å²) in [5.41, 5.74) is 3.61. The number of benzene rings is 1. The maximum Gasteiger partial charge on any atom is 0.264 e. The van der Waals surface area contributed by atoms with E-state index in [1.807, 2.05) is 26.0 Å². The summed E-state index contributed by atoms with van der Waals surface area (Å²) >= 11 is 0. The minimum atomic E-state index is -0.212. The maximum absolute atomic E-state index is 11.0. The molecule has 4 heteroatoms. The first-order chi connectivity index (χ1) is 8.13. The molecule has 1 heterocycles. The lowest BCUT2D eigenvalue weighted by molar-refractivity contribution is 0.413. The van der Waals surface area contributed by atoms with Crippen LogP contribution in [0.5, 0.6) is 5.75 Å². The Kier molecular flexibility index (Phi) is 2.95. The zero-order chi connectivity index (χ0) is 12.4. The highest BCUT2D eigenvalue weighted by molar-refractivity contribution is 5.69. The van der Waals surface area contributed by atoms with Crippen LogP contribution in [0.15, 0.2) is 29.1 Å². The van der Waals surface area contributed by atoms with E-state index in [9.17, 15) is 4.79 Å². The Labute approximate surface area is 99.3 Å². The Morgan fingerprint density at radius 3 is 2.53 bits per heavy atom. The number of H-pyrrole nitrogens is 1. The smallest absolute Gasteiger partial charge is 0.264 e. The van der Waals surface area contributed by atoms with Gasteiger partial charge >= 0.3 is 0 Å². The number of aryl methyl sites for hydroxylation is 1. The molecule has 17 heavy (non-hydrogen) atoms. The van der Waals surface area contributed by atoms with Gasteiger partial charge in [-0.2, -0.15) is 5.10 Å². The molecule has 0 aliphatic carbocycles. The molecule has 1 N–H and O–H groups in total. The summed E-state index contributed by atoms with van der Waals surface area (Å²) in [6, 6.07) is 7.10. The fourth-order valence-electron chi connectivity index (χ4n) is 1.75. The van der Waals surface area contributed by atoms with Crippen molar-refractivity contribution in [2.24, 2.45) is 0 Å². The number of hydrogen-bond acceptors (Lipinski definition) is 3. The minimum absolute atomic E-state index is 0.212. The predicted molar refractivity (Wildman–Crippen MR) is 66.3 cm³/mol. The standard InChI is InChI=1S/C13H14N2O2/c1-8-4-5-10(13(17-3)9(8)2)11-6-7-12(16)15-14-11/h4-7H,1-3H3,(H,15,16). The summed E-state index contributed by atoms with van der Waals surface area (Å²) in [6.07, 6.45) is 0. The molecule has 0 spiro atoms. The van der Waals surface area contributed by atoms with Crippen molar-refractivity contribution >= 4 is 0 Å². The number of nitrogens with zero attached hydrogens (tertiary/aromatic N) is 1. The van der Waals surface area contributed by atoms with Crippen LogP contribution in [0.4, 0.5) is 0 Å². The van der Waals surface area contributed by atoms with Crippen LogP contribution in [0.25, 0.3) is 11.3 Å². The lowest BCUT2D eigenvalue weighted by Crippen LogP contribution is -2.06. The van der Waals surface area contributed by atoms with Gasteiger partial charge in [0.25, 0.3) is 5.56 Å². The molecular formula is C13H14N2O2. The van der Waals surface area contributed by atoms with Crippen LogP contribution in [0, 0.1) is 13.8 Å². The molecule has 0 radical (unpaired) electrons. The molecule has 0 aliphatic heterocycles. The van der Waals surface area contributed by atoms with E-state index in [4.69, 9.17) is 4.74 Å². The van der Waals surface area contributed by atoms with Crippen LogP contribution < -0.4 is 10.3 Å². The SMILES string of the molecule is COc1c(-c2ccc(=O)[nH]n2)ccc(C)c1C. The van der Waals surface area contributed by atoms with E-state index in [0.717, 1.165) is 22.4 Å². The Morgan fingerprint density at radius 1 is 1.18 bits per heavy atom. The number of methoxy groups -OCH3 is 1. The molecule has 0 saturated carbocycles. The van der Waals surface area contributed by atoms with E-state index in [-0.39, 0.29) is 5.56 Å². The lowest BCUT2D eigenvalue weighted by Gasteiger charge is -2.12. The molecule has 0 aliphatic rings. The van der Waals surface area contributed by atoms with E-state index in [1.54, 1.807) is 13.2 Å². The van der Waals surface area contributed by atoms with Crippen LogP contribution >= 0.6 is 0 Å². The maximum atomic E-state index is 11.0. The number of rotatable bonds is 2. The molecular weight excluding hydrogens is 216 g/mol. The first kappa shape index (κ1) is 11.4. The van der Waals surface area contributed by atoms with E-state index < -0.39 is 0 Å². The van der Waals surface area contributed by atoms with Crippen LogP contribution in [0.3, 0.4) is 0 Å². The summed E-state index contributed by atoms with van der Waals surface area (Å²) in [4.78, 5) is 11.0. The first-order valence-corrected chi connectivity index (χ1v) is 5.34. The number of hydrogen-bond donors (Lipinski definition) is 1. The third kappa shape index (κ3) is 2.06. The van der Waals surface area contributed by atoms with E-state index in [1.165, 1.54) is 6.07 Å². The van der Waals surface area contributed by atoms with Gasteiger partial charge in [0.05, 0.1) is 12.8 Å². The molecule has 0 unspecified atom stereocenters. The second kappa shape index (κ2) is 4.41. The van der Waals surface area contributed by atoms with Gasteiger partial charge in [-0.25, -0.2) is 5.10 Å². The zero-order valence-corrected chi connectivity index (χ0v) is 10.1. The minimum Gasteiger partial charge on any atom is -0.496 e. The first-order valence-electron chi connectivity index (χ1n) is 5.34. The van der Waals surface area contributed by atoms with Gasteiger partial charge in [0.1, 0.15) is 5.75 Å². The highest BCUT2D eigenvalue weighted by Crippen LogP contribution is 2.32. The topological polar surface area (TPSA) is 55.0 Å². The van der Waals surface area contributed by atoms with Gasteiger partial charge in [0, 0.05) is 11.6 Å². The van der Waals surface area contributed by atoms with Gasteiger partial charge in [0.2, 0.25) is 0 Å². The monoisotopic (exact) mass is 230 g/mol. The van der Waals surface area contributed by atoms with Gasteiger partial charge < -0.3 is 4.74 Å². The average Bonchev–Trinajstić information content (AvgIpc) is 2.34. The van der Waals surface area contributed by atoms with Crippen molar-refractivity contribution in [2.45, 2.75) is 13.8 Å². The number of ether oxygens (including phenoxy) is 1. The summed E-state index contributed by atoms with van der Waals surface area (Å²) in [6.45, 7) is 4.03. The van der Waals surface area contributed by atoms with Gasteiger partial charge in [-0.1, -0.05) is 6.07 Å². The highest BCUT2D eigenvalue weighted by atomic mass is 16.5. The molecule has 2 aromatic rings. The fourth-order valence-corrected chi connectivity index (χ4v) is 1.75. The van der Waals surface area contributed by atoms with Crippen molar-refractivity contribution < 1.29 is 4.74 Å². The average molecular weight is 230 g/mol. The van der Waals surface area contributed by atoms with E-state index in [2.05, 4.69) is 10.2 Å². The van der Waals surface area contributed by atoms with Crippen LogP contribution in [-0.2, 0) is 0 Å². The molecule has 0 bridgehead atoms. The van der Waals surface area contributed by atoms with Gasteiger partial charge in [-0.3, -0.25) is 4.79 Å². The normalized spacial score (nSPS) is 10.3. The third-order valence-corrected chi connectivity index (χ3v) is 2.84. The molecule has 0 amide bonds. The largest absolute Gasteiger partial charge is 0.496 e. The zero-order valence-electron chi connectivity index (χ0n) is 10.1. The molecule has 0 atom stereocenters. The predicted octanol–water partition coefficient (Wildman–Crippen LogP) is 2.06. The molecule has 1 aromatic heterocycles. The van der Waals surface area contributed by atoms with Crippen LogP contribution in [0.1, 0.15) is 11.1 Å². The van der Waals surface area contributed by atoms with Crippen molar-refractivity contribution in [3.05, 3.63) is 45.7 Å². The van der Waals surface area contributed by atoms with Crippen molar-refractivity contribution in [1.29, 1.82) is 0 Å². The second-order valence-corrected chi connectivity index (χ2v) is 3.89. The summed E-state index contributed by atoms with van der Waals surface area (Å²) < 4.78 is 5.41. The summed E-state index contributed by atoms with van der Waals surface area (Å²) in [5, 5.41) is 6.43. The second-order valence-electron chi connectivity index (χ2n) is 3.89. The molecule has 2 rings (SSSR count). The summed E-state index contributed by atoms with van der Waals surface area (Å²) in [5.74, 6) is 0.796. The quantitative estimate of drug-likeness (QED) is 0.859. The van der Waals surface area contributed by atoms with Crippen LogP contribution in [0.2, 0.25) is 0 Å². The molecule has 88 valence electrons. The number of nitrogens with one attached hydrogen (secondary N) is 1. The van der Waals surface area contributed by atoms with E-state index in [0.29, 0.717) is 5.69 Å². The Balaban J connectivity index is 2.63. The Morgan fingerprint density at radius 2 is 1.94 bits per heavy atom. The van der Waals surface area contributed by atoms with Crippen molar-refractivity contribution in [3.8, 4) is 17.0 Å². The van der Waals surface area contributed by atoms with E-state index >= 15 is 0 Å². The van der Waals surface area contributed by atoms with Crippen LogP contribution in [-0.4, -0.2) is 17.3 Å². The van der Waals surface area contributed by atoms with Crippen molar-refractivity contribution in [3.63, 3.8) is 0 Å². The van der Waals surface area contributed by atoms with Gasteiger partial charge in [-0.15, -0.1) is 0 Å². The molecule has 1 aromatic carbocycles. The van der Waals surface area contributed by atoms with Gasteiger partial charge in [-0.05, 0) is 37.1 Å². The lowest BCUT2D eigenvalue weighted by atomic mass is 10.0.